The van der Waals surface area contributed by atoms with Crippen molar-refractivity contribution in [2.75, 3.05) is 12.4 Å². The van der Waals surface area contributed by atoms with Gasteiger partial charge in [-0.3, -0.25) is 9.59 Å². The van der Waals surface area contributed by atoms with Crippen LogP contribution in [-0.4, -0.2) is 23.8 Å². The van der Waals surface area contributed by atoms with E-state index in [2.05, 4.69) is 10.3 Å². The molecule has 1 aromatic heterocycles. The van der Waals surface area contributed by atoms with E-state index in [0.717, 1.165) is 0 Å². The van der Waals surface area contributed by atoms with Crippen molar-refractivity contribution in [3.8, 4) is 5.75 Å². The topological polar surface area (TPSA) is 71.2 Å². The average Bonchev–Trinajstić information content (AvgIpc) is 2.88. The van der Waals surface area contributed by atoms with Crippen LogP contribution in [0.3, 0.4) is 0 Å². The van der Waals surface area contributed by atoms with Crippen LogP contribution in [0, 0.1) is 0 Å². The minimum absolute atomic E-state index is 0.104. The molecule has 5 nitrogen and oxygen atoms in total. The molecule has 0 bridgehead atoms. The normalized spacial score (nSPS) is 10.2. The highest BCUT2D eigenvalue weighted by atomic mass is 35.5. The number of rotatable bonds is 4. The van der Waals surface area contributed by atoms with Crippen molar-refractivity contribution in [3.63, 3.8) is 0 Å². The van der Waals surface area contributed by atoms with Gasteiger partial charge in [0.15, 0.2) is 5.78 Å². The molecule has 0 aliphatic rings. The molecule has 2 N–H and O–H groups in total. The lowest BCUT2D eigenvalue weighted by molar-refractivity contribution is 0.101. The number of hydrogen-bond acceptors (Lipinski definition) is 3. The van der Waals surface area contributed by atoms with E-state index in [0.29, 0.717) is 27.7 Å². The largest absolute Gasteiger partial charge is 0.495 e. The molecule has 20 heavy (non-hydrogen) atoms. The van der Waals surface area contributed by atoms with Gasteiger partial charge in [-0.2, -0.15) is 0 Å². The number of carbonyl (C=O) groups excluding carboxylic acids is 2. The Kier molecular flexibility index (Phi) is 4.10. The molecule has 104 valence electrons. The van der Waals surface area contributed by atoms with Crippen LogP contribution in [0.1, 0.15) is 27.8 Å². The van der Waals surface area contributed by atoms with E-state index in [1.54, 1.807) is 18.2 Å². The third kappa shape index (κ3) is 3.00. The maximum atomic E-state index is 12.0. The van der Waals surface area contributed by atoms with Gasteiger partial charge in [0, 0.05) is 17.4 Å². The van der Waals surface area contributed by atoms with E-state index in [4.69, 9.17) is 16.3 Å². The Morgan fingerprint density at radius 3 is 2.60 bits per heavy atom. The lowest BCUT2D eigenvalue weighted by atomic mass is 10.2. The fourth-order valence-corrected chi connectivity index (χ4v) is 1.93. The number of anilines is 1. The van der Waals surface area contributed by atoms with Gasteiger partial charge in [-0.15, -0.1) is 0 Å². The molecule has 0 saturated carbocycles. The molecule has 0 fully saturated rings. The number of H-pyrrole nitrogens is 1. The van der Waals surface area contributed by atoms with Gasteiger partial charge in [0.25, 0.3) is 5.91 Å². The molecule has 0 saturated heterocycles. The van der Waals surface area contributed by atoms with Gasteiger partial charge in [-0.25, -0.2) is 0 Å². The summed E-state index contributed by atoms with van der Waals surface area (Å²) in [5.41, 5.74) is 1.31. The van der Waals surface area contributed by atoms with Crippen molar-refractivity contribution in [1.82, 2.24) is 4.98 Å². The SMILES string of the molecule is COc1ccc(NC(=O)c2cc(C(C)=O)c[nH]2)cc1Cl. The summed E-state index contributed by atoms with van der Waals surface area (Å²) < 4.78 is 5.03. The van der Waals surface area contributed by atoms with Crippen molar-refractivity contribution in [2.24, 2.45) is 0 Å². The number of amides is 1. The number of hydrogen-bond donors (Lipinski definition) is 2. The summed E-state index contributed by atoms with van der Waals surface area (Å²) in [7, 11) is 1.52. The van der Waals surface area contributed by atoms with Gasteiger partial charge >= 0.3 is 0 Å². The quantitative estimate of drug-likeness (QED) is 0.851. The number of carbonyl (C=O) groups is 2. The smallest absolute Gasteiger partial charge is 0.272 e. The van der Waals surface area contributed by atoms with Crippen LogP contribution in [0.15, 0.2) is 30.5 Å². The number of Topliss-reactive ketones (excluding diaryl/α,β-unsaturated/α-hetero) is 1. The Bertz CT molecular complexity index is 664. The highest BCUT2D eigenvalue weighted by molar-refractivity contribution is 6.32. The van der Waals surface area contributed by atoms with Crippen LogP contribution in [0.25, 0.3) is 0 Å². The number of ketones is 1. The molecule has 1 amide bonds. The molecule has 0 aliphatic carbocycles. The van der Waals surface area contributed by atoms with E-state index in [1.165, 1.54) is 26.3 Å². The number of nitrogens with one attached hydrogen (secondary N) is 2. The monoisotopic (exact) mass is 292 g/mol. The van der Waals surface area contributed by atoms with Crippen molar-refractivity contribution < 1.29 is 14.3 Å². The predicted octanol–water partition coefficient (Wildman–Crippen LogP) is 3.13. The van der Waals surface area contributed by atoms with Gasteiger partial charge in [0.05, 0.1) is 12.1 Å². The predicted molar refractivity (Wildman–Crippen MR) is 76.8 cm³/mol. The molecule has 2 aromatic rings. The Hall–Kier alpha value is -2.27. The summed E-state index contributed by atoms with van der Waals surface area (Å²) in [6, 6.07) is 6.43. The van der Waals surface area contributed by atoms with Crippen molar-refractivity contribution in [3.05, 3.63) is 46.7 Å². The second kappa shape index (κ2) is 5.79. The van der Waals surface area contributed by atoms with Crippen LogP contribution in [0.4, 0.5) is 5.69 Å². The lowest BCUT2D eigenvalue weighted by Crippen LogP contribution is -2.12. The first kappa shape index (κ1) is 14.1. The molecule has 1 heterocycles. The first-order valence-corrected chi connectivity index (χ1v) is 6.23. The maximum Gasteiger partial charge on any atom is 0.272 e. The van der Waals surface area contributed by atoms with Gasteiger partial charge in [0.2, 0.25) is 0 Å². The molecule has 6 heteroatoms. The number of aromatic amines is 1. The number of halogens is 1. The van der Waals surface area contributed by atoms with Crippen molar-refractivity contribution in [2.45, 2.75) is 6.92 Å². The molecule has 0 radical (unpaired) electrons. The zero-order chi connectivity index (χ0) is 14.7. The van der Waals surface area contributed by atoms with E-state index in [9.17, 15) is 9.59 Å². The van der Waals surface area contributed by atoms with Gasteiger partial charge < -0.3 is 15.0 Å². The summed E-state index contributed by atoms with van der Waals surface area (Å²) in [5.74, 6) is 0.0786. The van der Waals surface area contributed by atoms with Crippen LogP contribution in [0.2, 0.25) is 5.02 Å². The number of methoxy groups -OCH3 is 1. The van der Waals surface area contributed by atoms with Gasteiger partial charge in [-0.1, -0.05) is 11.6 Å². The van der Waals surface area contributed by atoms with Crippen LogP contribution in [-0.2, 0) is 0 Å². The summed E-state index contributed by atoms with van der Waals surface area (Å²) >= 11 is 5.98. The lowest BCUT2D eigenvalue weighted by Gasteiger charge is -2.07. The Balaban J connectivity index is 2.14. The molecular weight excluding hydrogens is 280 g/mol. The van der Waals surface area contributed by atoms with E-state index < -0.39 is 0 Å². The molecule has 0 spiro atoms. The fraction of sp³-hybridized carbons (Fsp3) is 0.143. The van der Waals surface area contributed by atoms with E-state index in [-0.39, 0.29) is 11.7 Å². The van der Waals surface area contributed by atoms with Crippen LogP contribution < -0.4 is 10.1 Å². The Labute approximate surface area is 120 Å². The average molecular weight is 293 g/mol. The van der Waals surface area contributed by atoms with Crippen molar-refractivity contribution in [1.29, 1.82) is 0 Å². The molecule has 0 atom stereocenters. The van der Waals surface area contributed by atoms with Gasteiger partial charge in [-0.05, 0) is 31.2 Å². The van der Waals surface area contributed by atoms with Crippen LogP contribution >= 0.6 is 11.6 Å². The summed E-state index contributed by atoms with van der Waals surface area (Å²) in [4.78, 5) is 25.9. The minimum atomic E-state index is -0.348. The molecule has 0 unspecified atom stereocenters. The second-order valence-electron chi connectivity index (χ2n) is 4.16. The summed E-state index contributed by atoms with van der Waals surface area (Å²) in [5, 5.41) is 3.09. The first-order chi connectivity index (χ1) is 9.51. The maximum absolute atomic E-state index is 12.0. The first-order valence-electron chi connectivity index (χ1n) is 5.85. The third-order valence-electron chi connectivity index (χ3n) is 2.74. The van der Waals surface area contributed by atoms with Crippen molar-refractivity contribution >= 4 is 29.0 Å². The van der Waals surface area contributed by atoms with Gasteiger partial charge in [0.1, 0.15) is 11.4 Å². The van der Waals surface area contributed by atoms with Crippen LogP contribution in [0.5, 0.6) is 5.75 Å². The second-order valence-corrected chi connectivity index (χ2v) is 4.57. The Morgan fingerprint density at radius 1 is 1.30 bits per heavy atom. The molecule has 0 aliphatic heterocycles. The Morgan fingerprint density at radius 2 is 2.05 bits per heavy atom. The van der Waals surface area contributed by atoms with E-state index >= 15 is 0 Å². The number of ether oxygens (including phenoxy) is 1. The summed E-state index contributed by atoms with van der Waals surface area (Å²) in [6.07, 6.45) is 1.50. The molecule has 2 rings (SSSR count). The summed E-state index contributed by atoms with van der Waals surface area (Å²) in [6.45, 7) is 1.44. The fourth-order valence-electron chi connectivity index (χ4n) is 1.67. The minimum Gasteiger partial charge on any atom is -0.495 e. The third-order valence-corrected chi connectivity index (χ3v) is 3.04. The molecule has 1 aromatic carbocycles. The zero-order valence-electron chi connectivity index (χ0n) is 11.0. The highest BCUT2D eigenvalue weighted by Gasteiger charge is 2.11. The number of benzene rings is 1. The molecular formula is C14H13ClN2O3. The zero-order valence-corrected chi connectivity index (χ0v) is 11.7. The van der Waals surface area contributed by atoms with E-state index in [1.807, 2.05) is 0 Å². The number of aromatic nitrogens is 1. The highest BCUT2D eigenvalue weighted by Crippen LogP contribution is 2.27. The standard InChI is InChI=1S/C14H13ClN2O3/c1-8(18)9-5-12(16-7-9)14(19)17-10-3-4-13(20-2)11(15)6-10/h3-7,16H,1-2H3,(H,17,19).